The monoisotopic (exact) mass is 262 g/mol. The molecular formula is C13H22N6. The van der Waals surface area contributed by atoms with E-state index >= 15 is 0 Å². The smallest absolute Gasteiger partial charge is 0.149 e. The first kappa shape index (κ1) is 12.6. The summed E-state index contributed by atoms with van der Waals surface area (Å²) >= 11 is 0. The highest BCUT2D eigenvalue weighted by atomic mass is 15.5. The van der Waals surface area contributed by atoms with Gasteiger partial charge in [-0.1, -0.05) is 0 Å². The molecule has 1 saturated carbocycles. The summed E-state index contributed by atoms with van der Waals surface area (Å²) in [5, 5.41) is 2.21. The second kappa shape index (κ2) is 4.94. The van der Waals surface area contributed by atoms with Crippen molar-refractivity contribution < 1.29 is 0 Å². The van der Waals surface area contributed by atoms with Gasteiger partial charge in [-0.25, -0.2) is 15.0 Å². The van der Waals surface area contributed by atoms with Crippen LogP contribution in [0.5, 0.6) is 0 Å². The van der Waals surface area contributed by atoms with E-state index in [9.17, 15) is 0 Å². The standard InChI is InChI=1S/C13H22N6/c1-9-11(14)15-13(10-3-4-10)16-12(9)17-19-7-5-18(2)6-8-19/h10H,3-8H2,1-2H3,(H3,14,15,16,17). The number of hydrogen-bond donors (Lipinski definition) is 2. The Labute approximate surface area is 114 Å². The van der Waals surface area contributed by atoms with Gasteiger partial charge < -0.3 is 16.1 Å². The second-order valence-corrected chi connectivity index (χ2v) is 5.62. The van der Waals surface area contributed by atoms with E-state index < -0.39 is 0 Å². The van der Waals surface area contributed by atoms with Crippen molar-refractivity contribution in [1.82, 2.24) is 19.9 Å². The van der Waals surface area contributed by atoms with Gasteiger partial charge >= 0.3 is 0 Å². The maximum atomic E-state index is 6.00. The van der Waals surface area contributed by atoms with Crippen molar-refractivity contribution in [1.29, 1.82) is 0 Å². The predicted molar refractivity (Wildman–Crippen MR) is 75.8 cm³/mol. The third kappa shape index (κ3) is 2.79. The second-order valence-electron chi connectivity index (χ2n) is 5.62. The van der Waals surface area contributed by atoms with Crippen molar-refractivity contribution in [3.8, 4) is 0 Å². The summed E-state index contributed by atoms with van der Waals surface area (Å²) in [4.78, 5) is 11.4. The van der Waals surface area contributed by atoms with Crippen LogP contribution in [0.3, 0.4) is 0 Å². The van der Waals surface area contributed by atoms with Gasteiger partial charge in [-0.3, -0.25) is 0 Å². The minimum absolute atomic E-state index is 0.524. The highest BCUT2D eigenvalue weighted by Gasteiger charge is 2.28. The molecule has 2 fully saturated rings. The van der Waals surface area contributed by atoms with E-state index in [0.717, 1.165) is 43.4 Å². The molecule has 1 aromatic heterocycles. The molecule has 0 unspecified atom stereocenters. The summed E-state index contributed by atoms with van der Waals surface area (Å²) < 4.78 is 0. The van der Waals surface area contributed by atoms with Gasteiger partial charge in [-0.05, 0) is 26.8 Å². The lowest BCUT2D eigenvalue weighted by molar-refractivity contribution is 0.178. The molecule has 0 radical (unpaired) electrons. The van der Waals surface area contributed by atoms with E-state index in [1.165, 1.54) is 12.8 Å². The summed E-state index contributed by atoms with van der Waals surface area (Å²) in [6.07, 6.45) is 2.38. The van der Waals surface area contributed by atoms with E-state index in [2.05, 4.69) is 32.4 Å². The molecule has 104 valence electrons. The molecule has 6 heteroatoms. The highest BCUT2D eigenvalue weighted by molar-refractivity contribution is 5.54. The SMILES string of the molecule is Cc1c(N)nc(C2CC2)nc1NN1CCN(C)CC1. The van der Waals surface area contributed by atoms with Crippen molar-refractivity contribution in [2.75, 3.05) is 44.4 Å². The Balaban J connectivity index is 1.75. The molecule has 2 aliphatic rings. The molecule has 1 aliphatic heterocycles. The predicted octanol–water partition coefficient (Wildman–Crippen LogP) is 0.819. The van der Waals surface area contributed by atoms with Crippen LogP contribution in [0.1, 0.15) is 30.1 Å². The summed E-state index contributed by atoms with van der Waals surface area (Å²) in [5.74, 6) is 2.91. The van der Waals surface area contributed by atoms with Gasteiger partial charge in [0, 0.05) is 37.7 Å². The number of nitrogens with zero attached hydrogens (tertiary/aromatic N) is 4. The maximum absolute atomic E-state index is 6.00. The number of likely N-dealkylation sites (N-methyl/N-ethyl adjacent to an activating group) is 1. The van der Waals surface area contributed by atoms with E-state index in [4.69, 9.17) is 5.73 Å². The zero-order chi connectivity index (χ0) is 13.4. The normalized spacial score (nSPS) is 21.6. The van der Waals surface area contributed by atoms with Gasteiger partial charge in [-0.2, -0.15) is 0 Å². The maximum Gasteiger partial charge on any atom is 0.149 e. The summed E-state index contributed by atoms with van der Waals surface area (Å²) in [6.45, 7) is 6.12. The Morgan fingerprint density at radius 2 is 1.84 bits per heavy atom. The van der Waals surface area contributed by atoms with Crippen LogP contribution < -0.4 is 11.2 Å². The Bertz CT molecular complexity index is 462. The van der Waals surface area contributed by atoms with E-state index in [-0.39, 0.29) is 0 Å². The van der Waals surface area contributed by atoms with E-state index in [1.54, 1.807) is 0 Å². The van der Waals surface area contributed by atoms with Crippen LogP contribution in [0.4, 0.5) is 11.6 Å². The fourth-order valence-electron chi connectivity index (χ4n) is 2.25. The van der Waals surface area contributed by atoms with Gasteiger partial charge in [0.15, 0.2) is 0 Å². The zero-order valence-electron chi connectivity index (χ0n) is 11.7. The largest absolute Gasteiger partial charge is 0.383 e. The van der Waals surface area contributed by atoms with E-state index in [1.807, 2.05) is 6.92 Å². The molecule has 0 spiro atoms. The lowest BCUT2D eigenvalue weighted by Gasteiger charge is -2.33. The Hall–Kier alpha value is -1.40. The first-order valence-electron chi connectivity index (χ1n) is 6.97. The minimum Gasteiger partial charge on any atom is -0.383 e. The molecule has 3 rings (SSSR count). The van der Waals surface area contributed by atoms with Crippen molar-refractivity contribution >= 4 is 11.6 Å². The molecule has 0 atom stereocenters. The van der Waals surface area contributed by atoms with Gasteiger partial charge in [-0.15, -0.1) is 0 Å². The lowest BCUT2D eigenvalue weighted by Crippen LogP contribution is -2.47. The third-order valence-corrected chi connectivity index (χ3v) is 3.91. The number of rotatable bonds is 3. The van der Waals surface area contributed by atoms with Crippen LogP contribution >= 0.6 is 0 Å². The first-order valence-corrected chi connectivity index (χ1v) is 6.97. The average molecular weight is 262 g/mol. The van der Waals surface area contributed by atoms with Crippen molar-refractivity contribution in [2.24, 2.45) is 0 Å². The van der Waals surface area contributed by atoms with Gasteiger partial charge in [0.25, 0.3) is 0 Å². The van der Waals surface area contributed by atoms with Crippen molar-refractivity contribution in [2.45, 2.75) is 25.7 Å². The summed E-state index contributed by atoms with van der Waals surface area (Å²) in [6, 6.07) is 0. The molecular weight excluding hydrogens is 240 g/mol. The summed E-state index contributed by atoms with van der Waals surface area (Å²) in [5.41, 5.74) is 10.4. The number of piperazine rings is 1. The molecule has 0 aromatic carbocycles. The fraction of sp³-hybridized carbons (Fsp3) is 0.692. The molecule has 0 amide bonds. The molecule has 1 saturated heterocycles. The number of nitrogens with one attached hydrogen (secondary N) is 1. The molecule has 1 aromatic rings. The van der Waals surface area contributed by atoms with Crippen molar-refractivity contribution in [3.05, 3.63) is 11.4 Å². The molecule has 2 heterocycles. The number of aromatic nitrogens is 2. The van der Waals surface area contributed by atoms with Crippen LogP contribution in [0.2, 0.25) is 0 Å². The average Bonchev–Trinajstić information content (AvgIpc) is 3.21. The number of nitrogen functional groups attached to an aromatic ring is 1. The third-order valence-electron chi connectivity index (χ3n) is 3.91. The lowest BCUT2D eigenvalue weighted by atomic mass is 10.3. The molecule has 6 nitrogen and oxygen atoms in total. The molecule has 3 N–H and O–H groups in total. The number of hydrogen-bond acceptors (Lipinski definition) is 6. The van der Waals surface area contributed by atoms with E-state index in [0.29, 0.717) is 11.7 Å². The number of nitrogens with two attached hydrogens (primary N) is 1. The van der Waals surface area contributed by atoms with Gasteiger partial charge in [0.1, 0.15) is 17.5 Å². The van der Waals surface area contributed by atoms with Crippen LogP contribution in [-0.2, 0) is 0 Å². The Morgan fingerprint density at radius 1 is 1.16 bits per heavy atom. The highest BCUT2D eigenvalue weighted by Crippen LogP contribution is 2.39. The quantitative estimate of drug-likeness (QED) is 0.840. The van der Waals surface area contributed by atoms with Gasteiger partial charge in [0.05, 0.1) is 0 Å². The van der Waals surface area contributed by atoms with Crippen LogP contribution in [0.15, 0.2) is 0 Å². The molecule has 19 heavy (non-hydrogen) atoms. The Kier molecular flexibility index (Phi) is 3.28. The van der Waals surface area contributed by atoms with Crippen LogP contribution in [0, 0.1) is 6.92 Å². The topological polar surface area (TPSA) is 70.3 Å². The summed E-state index contributed by atoms with van der Waals surface area (Å²) in [7, 11) is 2.15. The molecule has 0 bridgehead atoms. The number of anilines is 2. The zero-order valence-corrected chi connectivity index (χ0v) is 11.7. The minimum atomic E-state index is 0.524. The van der Waals surface area contributed by atoms with Gasteiger partial charge in [0.2, 0.25) is 0 Å². The first-order chi connectivity index (χ1) is 9.13. The Morgan fingerprint density at radius 3 is 2.47 bits per heavy atom. The number of hydrazine groups is 1. The van der Waals surface area contributed by atoms with Crippen LogP contribution in [-0.4, -0.2) is 53.1 Å². The molecule has 1 aliphatic carbocycles. The van der Waals surface area contributed by atoms with Crippen molar-refractivity contribution in [3.63, 3.8) is 0 Å². The van der Waals surface area contributed by atoms with Crippen LogP contribution in [0.25, 0.3) is 0 Å². The fourth-order valence-corrected chi connectivity index (χ4v) is 2.25.